The van der Waals surface area contributed by atoms with Crippen molar-refractivity contribution in [1.82, 2.24) is 19.9 Å². The summed E-state index contributed by atoms with van der Waals surface area (Å²) in [4.78, 5) is 0. The molecule has 19 heavy (non-hydrogen) atoms. The molecule has 100 valence electrons. The average molecular weight is 275 g/mol. The van der Waals surface area contributed by atoms with E-state index in [-0.39, 0.29) is 0 Å². The molecule has 0 aliphatic carbocycles. The van der Waals surface area contributed by atoms with Gasteiger partial charge in [0.1, 0.15) is 5.54 Å². The van der Waals surface area contributed by atoms with Crippen molar-refractivity contribution >= 4 is 17.4 Å². The zero-order chi connectivity index (χ0) is 13.7. The standard InChI is InChI=1S/C13H17N5S/c1-13(10-14,15-2)7-5-9-19-12-17-16-11-6-3-4-8-18(11)12/h3-4,6,8,15H,5,7,9H2,1-2H3. The summed E-state index contributed by atoms with van der Waals surface area (Å²) < 4.78 is 1.98. The van der Waals surface area contributed by atoms with Gasteiger partial charge in [0, 0.05) is 11.9 Å². The maximum Gasteiger partial charge on any atom is 0.195 e. The lowest BCUT2D eigenvalue weighted by molar-refractivity contribution is 0.451. The Kier molecular flexibility index (Phi) is 4.40. The summed E-state index contributed by atoms with van der Waals surface area (Å²) in [6, 6.07) is 8.15. The average Bonchev–Trinajstić information content (AvgIpc) is 2.87. The summed E-state index contributed by atoms with van der Waals surface area (Å²) >= 11 is 1.67. The van der Waals surface area contributed by atoms with Crippen LogP contribution in [0.15, 0.2) is 29.6 Å². The number of hydrogen-bond donors (Lipinski definition) is 1. The zero-order valence-electron chi connectivity index (χ0n) is 11.1. The Morgan fingerprint density at radius 3 is 3.05 bits per heavy atom. The van der Waals surface area contributed by atoms with Gasteiger partial charge in [0.05, 0.1) is 6.07 Å². The Morgan fingerprint density at radius 2 is 2.32 bits per heavy atom. The zero-order valence-corrected chi connectivity index (χ0v) is 11.9. The number of pyridine rings is 1. The van der Waals surface area contributed by atoms with Gasteiger partial charge >= 0.3 is 0 Å². The van der Waals surface area contributed by atoms with Crippen LogP contribution in [0.4, 0.5) is 0 Å². The SMILES string of the molecule is CNC(C)(C#N)CCCSc1nnc2ccccn12. The van der Waals surface area contributed by atoms with E-state index >= 15 is 0 Å². The van der Waals surface area contributed by atoms with E-state index in [0.717, 1.165) is 29.4 Å². The Bertz CT molecular complexity index is 588. The van der Waals surface area contributed by atoms with Crippen LogP contribution in [0.3, 0.4) is 0 Å². The quantitative estimate of drug-likeness (QED) is 0.646. The van der Waals surface area contributed by atoms with Gasteiger partial charge in [-0.3, -0.25) is 4.40 Å². The van der Waals surface area contributed by atoms with E-state index in [2.05, 4.69) is 21.6 Å². The highest BCUT2D eigenvalue weighted by Crippen LogP contribution is 2.20. The highest BCUT2D eigenvalue weighted by atomic mass is 32.2. The van der Waals surface area contributed by atoms with Gasteiger partial charge < -0.3 is 5.32 Å². The molecule has 1 atom stereocenters. The lowest BCUT2D eigenvalue weighted by Gasteiger charge is -2.19. The number of fused-ring (bicyclic) bond motifs is 1. The predicted octanol–water partition coefficient (Wildman–Crippen LogP) is 2.10. The number of rotatable bonds is 6. The van der Waals surface area contributed by atoms with Crippen LogP contribution in [0.5, 0.6) is 0 Å². The Balaban J connectivity index is 1.88. The van der Waals surface area contributed by atoms with E-state index in [0.29, 0.717) is 0 Å². The molecule has 6 heteroatoms. The second-order valence-corrected chi connectivity index (χ2v) is 5.62. The first-order valence-electron chi connectivity index (χ1n) is 6.21. The van der Waals surface area contributed by atoms with Crippen LogP contribution < -0.4 is 5.32 Å². The second kappa shape index (κ2) is 6.04. The van der Waals surface area contributed by atoms with Crippen molar-refractivity contribution < 1.29 is 0 Å². The lowest BCUT2D eigenvalue weighted by atomic mass is 9.99. The van der Waals surface area contributed by atoms with Crippen LogP contribution in [0, 0.1) is 11.3 Å². The van der Waals surface area contributed by atoms with E-state index in [1.165, 1.54) is 0 Å². The Hall–Kier alpha value is -1.58. The van der Waals surface area contributed by atoms with Gasteiger partial charge in [0.2, 0.25) is 0 Å². The van der Waals surface area contributed by atoms with E-state index in [1.54, 1.807) is 11.8 Å². The van der Waals surface area contributed by atoms with Crippen LogP contribution in [-0.2, 0) is 0 Å². The van der Waals surface area contributed by atoms with Crippen molar-refractivity contribution in [3.63, 3.8) is 0 Å². The van der Waals surface area contributed by atoms with Crippen molar-refractivity contribution in [2.45, 2.75) is 30.5 Å². The van der Waals surface area contributed by atoms with Crippen LogP contribution >= 0.6 is 11.8 Å². The molecule has 0 aromatic carbocycles. The van der Waals surface area contributed by atoms with Crippen molar-refractivity contribution in [2.24, 2.45) is 0 Å². The van der Waals surface area contributed by atoms with Gasteiger partial charge in [-0.2, -0.15) is 5.26 Å². The van der Waals surface area contributed by atoms with E-state index in [9.17, 15) is 0 Å². The number of nitrogens with one attached hydrogen (secondary N) is 1. The molecule has 0 saturated heterocycles. The molecule has 2 aromatic rings. The molecule has 0 amide bonds. The third-order valence-electron chi connectivity index (χ3n) is 3.13. The van der Waals surface area contributed by atoms with Crippen molar-refractivity contribution in [1.29, 1.82) is 5.26 Å². The van der Waals surface area contributed by atoms with Crippen LogP contribution in [0.25, 0.3) is 5.65 Å². The molecule has 0 aliphatic rings. The minimum Gasteiger partial charge on any atom is -0.303 e. The minimum atomic E-state index is -0.437. The van der Waals surface area contributed by atoms with E-state index in [1.807, 2.05) is 42.8 Å². The molecule has 0 radical (unpaired) electrons. The monoisotopic (exact) mass is 275 g/mol. The molecule has 0 spiro atoms. The summed E-state index contributed by atoms with van der Waals surface area (Å²) in [6.07, 6.45) is 3.74. The molecule has 1 N–H and O–H groups in total. The second-order valence-electron chi connectivity index (χ2n) is 4.56. The maximum absolute atomic E-state index is 9.06. The number of aromatic nitrogens is 3. The molecule has 1 unspecified atom stereocenters. The van der Waals surface area contributed by atoms with Gasteiger partial charge in [-0.25, -0.2) is 0 Å². The van der Waals surface area contributed by atoms with Gasteiger partial charge in [0.25, 0.3) is 0 Å². The predicted molar refractivity (Wildman–Crippen MR) is 76.0 cm³/mol. The molecule has 5 nitrogen and oxygen atoms in total. The summed E-state index contributed by atoms with van der Waals surface area (Å²) in [5.74, 6) is 0.925. The first-order valence-corrected chi connectivity index (χ1v) is 7.20. The van der Waals surface area contributed by atoms with Crippen LogP contribution in [0.2, 0.25) is 0 Å². The maximum atomic E-state index is 9.06. The van der Waals surface area contributed by atoms with Gasteiger partial charge in [0.15, 0.2) is 10.8 Å². The van der Waals surface area contributed by atoms with Crippen LogP contribution in [-0.4, -0.2) is 32.9 Å². The van der Waals surface area contributed by atoms with Crippen molar-refractivity contribution in [2.75, 3.05) is 12.8 Å². The van der Waals surface area contributed by atoms with Gasteiger partial charge in [-0.1, -0.05) is 17.8 Å². The summed E-state index contributed by atoms with van der Waals surface area (Å²) in [6.45, 7) is 1.92. The molecule has 0 aliphatic heterocycles. The third-order valence-corrected chi connectivity index (χ3v) is 4.16. The topological polar surface area (TPSA) is 66.0 Å². The molecular formula is C13H17N5S. The van der Waals surface area contributed by atoms with Crippen molar-refractivity contribution in [3.8, 4) is 6.07 Å². The smallest absolute Gasteiger partial charge is 0.195 e. The highest BCUT2D eigenvalue weighted by molar-refractivity contribution is 7.99. The Labute approximate surface area is 117 Å². The largest absolute Gasteiger partial charge is 0.303 e. The molecule has 2 heterocycles. The number of nitrogens with zero attached hydrogens (tertiary/aromatic N) is 4. The fourth-order valence-corrected chi connectivity index (χ4v) is 2.61. The first kappa shape index (κ1) is 13.8. The molecule has 0 bridgehead atoms. The molecular weight excluding hydrogens is 258 g/mol. The lowest BCUT2D eigenvalue weighted by Crippen LogP contribution is -2.37. The first-order chi connectivity index (χ1) is 9.18. The minimum absolute atomic E-state index is 0.437. The third kappa shape index (κ3) is 3.25. The molecule has 2 aromatic heterocycles. The number of nitriles is 1. The summed E-state index contributed by atoms with van der Waals surface area (Å²) in [7, 11) is 1.82. The normalized spacial score (nSPS) is 14.2. The van der Waals surface area contributed by atoms with E-state index < -0.39 is 5.54 Å². The molecule has 0 saturated carbocycles. The molecule has 2 rings (SSSR count). The fraction of sp³-hybridized carbons (Fsp3) is 0.462. The van der Waals surface area contributed by atoms with Gasteiger partial charge in [-0.15, -0.1) is 10.2 Å². The highest BCUT2D eigenvalue weighted by Gasteiger charge is 2.20. The summed E-state index contributed by atoms with van der Waals surface area (Å²) in [5.41, 5.74) is 0.426. The fourth-order valence-electron chi connectivity index (χ4n) is 1.74. The van der Waals surface area contributed by atoms with Gasteiger partial charge in [-0.05, 0) is 38.9 Å². The summed E-state index contributed by atoms with van der Waals surface area (Å²) in [5, 5.41) is 21.3. The Morgan fingerprint density at radius 1 is 1.47 bits per heavy atom. The van der Waals surface area contributed by atoms with Crippen LogP contribution in [0.1, 0.15) is 19.8 Å². The number of hydrogen-bond acceptors (Lipinski definition) is 5. The van der Waals surface area contributed by atoms with E-state index in [4.69, 9.17) is 5.26 Å². The molecule has 0 fully saturated rings. The number of thioether (sulfide) groups is 1. The van der Waals surface area contributed by atoms with Crippen molar-refractivity contribution in [3.05, 3.63) is 24.4 Å².